The van der Waals surface area contributed by atoms with Crippen LogP contribution in [-0.2, 0) is 10.3 Å². The summed E-state index contributed by atoms with van der Waals surface area (Å²) in [5, 5.41) is 11.7. The molecular weight excluding hydrogens is 486 g/mol. The van der Waals surface area contributed by atoms with Gasteiger partial charge in [0.1, 0.15) is 17.4 Å². The molecule has 1 N–H and O–H groups in total. The molecule has 180 valence electrons. The van der Waals surface area contributed by atoms with E-state index in [4.69, 9.17) is 16.3 Å². The lowest BCUT2D eigenvalue weighted by Crippen LogP contribution is -2.58. The van der Waals surface area contributed by atoms with Crippen molar-refractivity contribution < 1.29 is 35.9 Å². The summed E-state index contributed by atoms with van der Waals surface area (Å²) in [5.41, 5.74) is -3.44. The standard InChI is InChI=1S/C23H17ClF6N2O2/c24-16-6-2-14(3-7-16)18-12-21(23(28,29)30,32-20(33)19(18)13-31)15-4-8-17(9-5-15)34-11-1-10-22(25,26)27/h2-9H,1,10-12H2,(H,32,33). The molecule has 0 saturated carbocycles. The maximum absolute atomic E-state index is 14.4. The number of amides is 1. The van der Waals surface area contributed by atoms with E-state index >= 15 is 0 Å². The van der Waals surface area contributed by atoms with Crippen LogP contribution in [0.15, 0.2) is 54.1 Å². The number of hydrogen-bond acceptors (Lipinski definition) is 3. The molecule has 1 amide bonds. The largest absolute Gasteiger partial charge is 0.494 e. The molecular formula is C23H17ClF6N2O2. The van der Waals surface area contributed by atoms with Crippen molar-refractivity contribution in [1.29, 1.82) is 5.26 Å². The van der Waals surface area contributed by atoms with E-state index in [2.05, 4.69) is 0 Å². The number of halogens is 7. The van der Waals surface area contributed by atoms with Gasteiger partial charge in [0.05, 0.1) is 6.61 Å². The molecule has 1 unspecified atom stereocenters. The number of carbonyl (C=O) groups is 1. The number of ether oxygens (including phenoxy) is 1. The van der Waals surface area contributed by atoms with Gasteiger partial charge in [-0.3, -0.25) is 4.79 Å². The quantitative estimate of drug-likeness (QED) is 0.371. The highest BCUT2D eigenvalue weighted by molar-refractivity contribution is 6.30. The number of nitrogens with one attached hydrogen (secondary N) is 1. The summed E-state index contributed by atoms with van der Waals surface area (Å²) < 4.78 is 85.1. The minimum atomic E-state index is -4.95. The normalized spacial score (nSPS) is 18.9. The van der Waals surface area contributed by atoms with Crippen molar-refractivity contribution in [3.05, 3.63) is 70.3 Å². The summed E-state index contributed by atoms with van der Waals surface area (Å²) in [4.78, 5) is 12.6. The van der Waals surface area contributed by atoms with E-state index in [0.717, 1.165) is 12.1 Å². The van der Waals surface area contributed by atoms with Crippen LogP contribution in [0.5, 0.6) is 5.75 Å². The Morgan fingerprint density at radius 3 is 2.18 bits per heavy atom. The summed E-state index contributed by atoms with van der Waals surface area (Å²) in [6.07, 6.45) is -11.4. The lowest BCUT2D eigenvalue weighted by Gasteiger charge is -2.40. The molecule has 1 atom stereocenters. The van der Waals surface area contributed by atoms with Crippen LogP contribution in [0.2, 0.25) is 5.02 Å². The molecule has 3 rings (SSSR count). The molecule has 0 saturated heterocycles. The Morgan fingerprint density at radius 1 is 1.03 bits per heavy atom. The fourth-order valence-corrected chi connectivity index (χ4v) is 3.74. The predicted octanol–water partition coefficient (Wildman–Crippen LogP) is 6.32. The Bertz CT molecular complexity index is 1120. The first-order valence-corrected chi connectivity index (χ1v) is 10.3. The Balaban J connectivity index is 1.93. The van der Waals surface area contributed by atoms with Crippen molar-refractivity contribution >= 4 is 23.1 Å². The van der Waals surface area contributed by atoms with Crippen molar-refractivity contribution in [2.24, 2.45) is 0 Å². The van der Waals surface area contributed by atoms with Gasteiger partial charge in [0, 0.05) is 17.9 Å². The van der Waals surface area contributed by atoms with Crippen LogP contribution in [0, 0.1) is 11.3 Å². The molecule has 34 heavy (non-hydrogen) atoms. The number of nitriles is 1. The van der Waals surface area contributed by atoms with Crippen molar-refractivity contribution in [2.45, 2.75) is 37.2 Å². The number of alkyl halides is 6. The molecule has 1 aliphatic heterocycles. The number of nitrogens with zero attached hydrogens (tertiary/aromatic N) is 1. The summed E-state index contributed by atoms with van der Waals surface area (Å²) in [6, 6.07) is 11.9. The molecule has 1 aliphatic rings. The first kappa shape index (κ1) is 25.4. The molecule has 0 bridgehead atoms. The zero-order valence-electron chi connectivity index (χ0n) is 17.4. The predicted molar refractivity (Wildman–Crippen MR) is 112 cm³/mol. The summed E-state index contributed by atoms with van der Waals surface area (Å²) >= 11 is 5.85. The Labute approximate surface area is 195 Å². The van der Waals surface area contributed by atoms with Gasteiger partial charge in [0.15, 0.2) is 5.54 Å². The van der Waals surface area contributed by atoms with E-state index in [0.29, 0.717) is 5.02 Å². The highest BCUT2D eigenvalue weighted by Gasteiger charge is 2.59. The van der Waals surface area contributed by atoms with Gasteiger partial charge in [-0.1, -0.05) is 35.9 Å². The Morgan fingerprint density at radius 2 is 1.65 bits per heavy atom. The topological polar surface area (TPSA) is 62.1 Å². The monoisotopic (exact) mass is 502 g/mol. The molecule has 11 heteroatoms. The van der Waals surface area contributed by atoms with E-state index < -0.39 is 42.2 Å². The van der Waals surface area contributed by atoms with Gasteiger partial charge in [-0.15, -0.1) is 0 Å². The lowest BCUT2D eigenvalue weighted by molar-refractivity contribution is -0.201. The van der Waals surface area contributed by atoms with E-state index in [1.54, 1.807) is 6.07 Å². The third kappa shape index (κ3) is 5.47. The second-order valence-electron chi connectivity index (χ2n) is 7.60. The average molecular weight is 503 g/mol. The number of carbonyl (C=O) groups excluding carboxylic acids is 1. The molecule has 4 nitrogen and oxygen atoms in total. The smallest absolute Gasteiger partial charge is 0.416 e. The average Bonchev–Trinajstić information content (AvgIpc) is 2.75. The summed E-state index contributed by atoms with van der Waals surface area (Å²) in [6.45, 7) is -0.269. The molecule has 2 aromatic carbocycles. The SMILES string of the molecule is N#CC1=C(c2ccc(Cl)cc2)CC(c2ccc(OCCCC(F)(F)F)cc2)(C(F)(F)F)NC1=O. The van der Waals surface area contributed by atoms with Crippen LogP contribution in [0.1, 0.15) is 30.4 Å². The van der Waals surface area contributed by atoms with E-state index in [-0.39, 0.29) is 35.5 Å². The highest BCUT2D eigenvalue weighted by Crippen LogP contribution is 2.48. The van der Waals surface area contributed by atoms with Crippen molar-refractivity contribution in [1.82, 2.24) is 5.32 Å². The van der Waals surface area contributed by atoms with Gasteiger partial charge in [-0.05, 0) is 47.4 Å². The summed E-state index contributed by atoms with van der Waals surface area (Å²) in [5.74, 6) is -1.10. The van der Waals surface area contributed by atoms with Gasteiger partial charge in [-0.2, -0.15) is 31.6 Å². The molecule has 1 heterocycles. The van der Waals surface area contributed by atoms with Crippen LogP contribution in [0.3, 0.4) is 0 Å². The van der Waals surface area contributed by atoms with Gasteiger partial charge >= 0.3 is 12.4 Å². The maximum Gasteiger partial charge on any atom is 0.416 e. The number of rotatable bonds is 6. The van der Waals surface area contributed by atoms with E-state index in [1.807, 2.05) is 5.32 Å². The maximum atomic E-state index is 14.4. The first-order chi connectivity index (χ1) is 15.9. The molecule has 0 spiro atoms. The van der Waals surface area contributed by atoms with Crippen molar-refractivity contribution in [3.63, 3.8) is 0 Å². The number of hydrogen-bond donors (Lipinski definition) is 1. The third-order valence-electron chi connectivity index (χ3n) is 5.31. The molecule has 0 aromatic heterocycles. The molecule has 2 aromatic rings. The van der Waals surface area contributed by atoms with Gasteiger partial charge < -0.3 is 10.1 Å². The fourth-order valence-electron chi connectivity index (χ4n) is 3.61. The summed E-state index contributed by atoms with van der Waals surface area (Å²) in [7, 11) is 0. The van der Waals surface area contributed by atoms with Crippen molar-refractivity contribution in [3.8, 4) is 11.8 Å². The second-order valence-corrected chi connectivity index (χ2v) is 8.03. The van der Waals surface area contributed by atoms with Crippen LogP contribution in [0.4, 0.5) is 26.3 Å². The highest BCUT2D eigenvalue weighted by atomic mass is 35.5. The Hall–Kier alpha value is -3.19. The second kappa shape index (κ2) is 9.58. The van der Waals surface area contributed by atoms with Crippen molar-refractivity contribution in [2.75, 3.05) is 6.61 Å². The van der Waals surface area contributed by atoms with Gasteiger partial charge in [0.2, 0.25) is 0 Å². The number of benzene rings is 2. The molecule has 0 radical (unpaired) electrons. The molecule has 0 aliphatic carbocycles. The van der Waals surface area contributed by atoms with Crippen LogP contribution in [-0.4, -0.2) is 24.9 Å². The third-order valence-corrected chi connectivity index (χ3v) is 5.56. The zero-order chi connectivity index (χ0) is 25.1. The zero-order valence-corrected chi connectivity index (χ0v) is 18.1. The van der Waals surface area contributed by atoms with Gasteiger partial charge in [-0.25, -0.2) is 0 Å². The molecule has 0 fully saturated rings. The fraction of sp³-hybridized carbons (Fsp3) is 0.304. The van der Waals surface area contributed by atoms with E-state index in [9.17, 15) is 36.4 Å². The minimum absolute atomic E-state index is 0.0802. The van der Waals surface area contributed by atoms with Gasteiger partial charge in [0.25, 0.3) is 5.91 Å². The van der Waals surface area contributed by atoms with E-state index in [1.165, 1.54) is 36.4 Å². The Kier molecular flexibility index (Phi) is 7.17. The van der Waals surface area contributed by atoms with Crippen LogP contribution in [0.25, 0.3) is 5.57 Å². The van der Waals surface area contributed by atoms with Crippen LogP contribution < -0.4 is 10.1 Å². The first-order valence-electron chi connectivity index (χ1n) is 9.95. The minimum Gasteiger partial charge on any atom is -0.494 e. The van der Waals surface area contributed by atoms with Crippen LogP contribution >= 0.6 is 11.6 Å². The lowest BCUT2D eigenvalue weighted by atomic mass is 9.76.